The fourth-order valence-electron chi connectivity index (χ4n) is 1.48. The molecule has 24 heavy (non-hydrogen) atoms. The molecule has 0 spiro atoms. The molecule has 1 amide bonds. The normalized spacial score (nSPS) is 13.7. The third kappa shape index (κ3) is 3.56. The summed E-state index contributed by atoms with van der Waals surface area (Å²) in [5.74, 6) is -23.3. The van der Waals surface area contributed by atoms with Gasteiger partial charge in [0.1, 0.15) is 0 Å². The van der Waals surface area contributed by atoms with Gasteiger partial charge < -0.3 is 5.32 Å². The fraction of sp³-hybridized carbons (Fsp3) is 0.500. The Hall–Kier alpha value is -2.01. The van der Waals surface area contributed by atoms with Crippen LogP contribution in [0.3, 0.4) is 0 Å². The van der Waals surface area contributed by atoms with Crippen LogP contribution in [0.15, 0.2) is 24.4 Å². The maximum atomic E-state index is 13.2. The lowest BCUT2D eigenvalue weighted by Crippen LogP contribution is -2.65. The van der Waals surface area contributed by atoms with Crippen molar-refractivity contribution in [3.8, 4) is 0 Å². The molecule has 1 aromatic heterocycles. The van der Waals surface area contributed by atoms with Gasteiger partial charge in [-0.05, 0) is 12.1 Å². The molecule has 136 valence electrons. The molecule has 12 heteroatoms. The number of alkyl halides is 9. The molecule has 0 fully saturated rings. The molecule has 1 N–H and O–H groups in total. The van der Waals surface area contributed by atoms with Crippen LogP contribution in [-0.2, 0) is 11.2 Å². The van der Waals surface area contributed by atoms with Gasteiger partial charge in [-0.3, -0.25) is 9.78 Å². The molecule has 1 heterocycles. The van der Waals surface area contributed by atoms with Gasteiger partial charge in [-0.25, -0.2) is 0 Å². The van der Waals surface area contributed by atoms with Crippen LogP contribution in [0.2, 0.25) is 0 Å². The highest BCUT2D eigenvalue weighted by atomic mass is 19.4. The summed E-state index contributed by atoms with van der Waals surface area (Å²) >= 11 is 0. The van der Waals surface area contributed by atoms with E-state index in [2.05, 4.69) is 4.98 Å². The number of hydrogen-bond acceptors (Lipinski definition) is 2. The quantitative estimate of drug-likeness (QED) is 0.784. The van der Waals surface area contributed by atoms with E-state index in [1.165, 1.54) is 29.7 Å². The minimum atomic E-state index is -7.10. The van der Waals surface area contributed by atoms with Crippen LogP contribution >= 0.6 is 0 Å². The number of hydrogen-bond donors (Lipinski definition) is 1. The molecular formula is C12H9F9N2O. The highest BCUT2D eigenvalue weighted by Crippen LogP contribution is 2.53. The van der Waals surface area contributed by atoms with Crippen LogP contribution in [0.25, 0.3) is 0 Å². The van der Waals surface area contributed by atoms with Crippen LogP contribution in [-0.4, -0.2) is 41.4 Å². The van der Waals surface area contributed by atoms with Crippen molar-refractivity contribution >= 4 is 5.91 Å². The number of carbonyl (C=O) groups is 1. The number of nitrogens with one attached hydrogen (secondary N) is 1. The first-order chi connectivity index (χ1) is 10.7. The molecule has 0 atom stereocenters. The van der Waals surface area contributed by atoms with Crippen molar-refractivity contribution < 1.29 is 44.3 Å². The van der Waals surface area contributed by atoms with E-state index in [9.17, 15) is 44.3 Å². The summed E-state index contributed by atoms with van der Waals surface area (Å²) in [6.07, 6.45) is -5.90. The fourth-order valence-corrected chi connectivity index (χ4v) is 1.48. The summed E-state index contributed by atoms with van der Waals surface area (Å²) in [6, 6.07) is 4.36. The number of carbonyl (C=O) groups excluding carboxylic acids is 1. The van der Waals surface area contributed by atoms with Crippen molar-refractivity contribution in [2.75, 3.05) is 6.54 Å². The topological polar surface area (TPSA) is 42.0 Å². The lowest BCUT2D eigenvalue weighted by molar-refractivity contribution is -0.388. The van der Waals surface area contributed by atoms with Crippen molar-refractivity contribution in [3.05, 3.63) is 30.1 Å². The molecule has 1 rings (SSSR count). The minimum Gasteiger partial charge on any atom is -0.350 e. The Kier molecular flexibility index (Phi) is 5.41. The van der Waals surface area contributed by atoms with E-state index < -0.39 is 36.4 Å². The Morgan fingerprint density at radius 2 is 1.54 bits per heavy atom. The average Bonchev–Trinajstić information content (AvgIpc) is 2.46. The van der Waals surface area contributed by atoms with Gasteiger partial charge in [-0.1, -0.05) is 6.07 Å². The van der Waals surface area contributed by atoms with Crippen LogP contribution in [0.1, 0.15) is 5.69 Å². The first kappa shape index (κ1) is 20.0. The number of rotatable bonds is 6. The Balaban J connectivity index is 2.83. The smallest absolute Gasteiger partial charge is 0.350 e. The first-order valence-electron chi connectivity index (χ1n) is 6.13. The zero-order valence-corrected chi connectivity index (χ0v) is 11.5. The van der Waals surface area contributed by atoms with Crippen molar-refractivity contribution in [3.63, 3.8) is 0 Å². The lowest BCUT2D eigenvalue weighted by atomic mass is 10.0. The summed E-state index contributed by atoms with van der Waals surface area (Å²) in [6.45, 7) is -0.723. The Labute approximate surface area is 128 Å². The molecule has 1 aromatic rings. The number of amides is 1. The third-order valence-electron chi connectivity index (χ3n) is 2.82. The second-order valence-electron chi connectivity index (χ2n) is 4.55. The zero-order chi connectivity index (χ0) is 18.8. The molecule has 0 saturated heterocycles. The molecule has 0 aliphatic heterocycles. The van der Waals surface area contributed by atoms with Crippen molar-refractivity contribution in [2.24, 2.45) is 0 Å². The predicted molar refractivity (Wildman–Crippen MR) is 61.8 cm³/mol. The van der Waals surface area contributed by atoms with Crippen LogP contribution in [0, 0.1) is 0 Å². The Morgan fingerprint density at radius 1 is 0.958 bits per heavy atom. The van der Waals surface area contributed by atoms with E-state index in [4.69, 9.17) is 0 Å². The average molecular weight is 368 g/mol. The number of nitrogens with zero attached hydrogens (tertiary/aromatic N) is 1. The van der Waals surface area contributed by atoms with Gasteiger partial charge in [0, 0.05) is 24.9 Å². The molecule has 0 aromatic carbocycles. The largest absolute Gasteiger partial charge is 0.460 e. The first-order valence-corrected chi connectivity index (χ1v) is 6.13. The highest BCUT2D eigenvalue weighted by molar-refractivity contribution is 5.84. The molecule has 0 radical (unpaired) electrons. The van der Waals surface area contributed by atoms with Gasteiger partial charge in [0.25, 0.3) is 5.91 Å². The van der Waals surface area contributed by atoms with E-state index >= 15 is 0 Å². The van der Waals surface area contributed by atoms with Crippen molar-refractivity contribution in [1.82, 2.24) is 10.3 Å². The molecular weight excluding hydrogens is 359 g/mol. The highest BCUT2D eigenvalue weighted by Gasteiger charge is 2.83. The summed E-state index contributed by atoms with van der Waals surface area (Å²) in [7, 11) is 0. The second-order valence-corrected chi connectivity index (χ2v) is 4.55. The summed E-state index contributed by atoms with van der Waals surface area (Å²) in [5.41, 5.74) is 0.244. The maximum absolute atomic E-state index is 13.2. The number of halogens is 9. The van der Waals surface area contributed by atoms with Gasteiger partial charge in [0.05, 0.1) is 0 Å². The van der Waals surface area contributed by atoms with Crippen LogP contribution < -0.4 is 5.32 Å². The molecule has 0 unspecified atom stereocenters. The Morgan fingerprint density at radius 3 is 2.00 bits per heavy atom. The predicted octanol–water partition coefficient (Wildman–Crippen LogP) is 3.21. The van der Waals surface area contributed by atoms with Gasteiger partial charge in [-0.2, -0.15) is 39.5 Å². The number of pyridine rings is 1. The van der Waals surface area contributed by atoms with Crippen molar-refractivity contribution in [2.45, 2.75) is 30.4 Å². The van der Waals surface area contributed by atoms with E-state index in [1.807, 2.05) is 0 Å². The maximum Gasteiger partial charge on any atom is 0.460 e. The summed E-state index contributed by atoms with van der Waals surface area (Å²) in [4.78, 5) is 14.7. The van der Waals surface area contributed by atoms with Gasteiger partial charge in [-0.15, -0.1) is 0 Å². The minimum absolute atomic E-state index is 0.232. The molecule has 0 aliphatic carbocycles. The van der Waals surface area contributed by atoms with Gasteiger partial charge in [0.2, 0.25) is 0 Å². The zero-order valence-electron chi connectivity index (χ0n) is 11.5. The van der Waals surface area contributed by atoms with Gasteiger partial charge >= 0.3 is 23.9 Å². The standard InChI is InChI=1S/C12H9F9N2O/c13-9(14,10(15,16)11(17,18)12(19,20)21)8(24)23-6-4-7-3-1-2-5-22-7/h1-3,5H,4,6H2,(H,23,24). The van der Waals surface area contributed by atoms with E-state index in [-0.39, 0.29) is 12.1 Å². The van der Waals surface area contributed by atoms with Crippen molar-refractivity contribution in [1.29, 1.82) is 0 Å². The van der Waals surface area contributed by atoms with Crippen LogP contribution in [0.5, 0.6) is 0 Å². The van der Waals surface area contributed by atoms with E-state index in [0.29, 0.717) is 0 Å². The van der Waals surface area contributed by atoms with Gasteiger partial charge in [0.15, 0.2) is 0 Å². The molecule has 0 aliphatic rings. The molecule has 0 bridgehead atoms. The number of aromatic nitrogens is 1. The SMILES string of the molecule is O=C(NCCc1ccccn1)C(F)(F)C(F)(F)C(F)(F)C(F)(F)F. The molecule has 3 nitrogen and oxygen atoms in total. The van der Waals surface area contributed by atoms with E-state index in [0.717, 1.165) is 0 Å². The van der Waals surface area contributed by atoms with Crippen LogP contribution in [0.4, 0.5) is 39.5 Å². The Bertz CT molecular complexity index is 572. The monoisotopic (exact) mass is 368 g/mol. The molecule has 0 saturated carbocycles. The summed E-state index contributed by atoms with van der Waals surface area (Å²) in [5, 5.41) is 1.19. The summed E-state index contributed by atoms with van der Waals surface area (Å²) < 4.78 is 113. The third-order valence-corrected chi connectivity index (χ3v) is 2.82. The lowest BCUT2D eigenvalue weighted by Gasteiger charge is -2.32. The second kappa shape index (κ2) is 6.48. The van der Waals surface area contributed by atoms with E-state index in [1.54, 1.807) is 0 Å².